The number of rotatable bonds is 29. The maximum atomic E-state index is 13.3. The van der Waals surface area contributed by atoms with Crippen LogP contribution in [0.2, 0.25) is 0 Å². The fourth-order valence-electron chi connectivity index (χ4n) is 5.86. The predicted octanol–water partition coefficient (Wildman–Crippen LogP) is 9.96. The molecule has 0 saturated carbocycles. The fourth-order valence-corrected chi connectivity index (χ4v) is 7.11. The van der Waals surface area contributed by atoms with Gasteiger partial charge in [-0.3, -0.25) is 0 Å². The highest BCUT2D eigenvalue weighted by Crippen LogP contribution is 2.49. The van der Waals surface area contributed by atoms with Gasteiger partial charge in [0.1, 0.15) is 41.7 Å². The molecular formula is C45H71O10P. The molecule has 0 saturated heterocycles. The molecule has 3 rings (SSSR count). The third-order valence-electron chi connectivity index (χ3n) is 9.47. The maximum Gasteiger partial charge on any atom is 0.647 e. The second-order valence-electron chi connectivity index (χ2n) is 14.8. The molecule has 11 heteroatoms. The number of phosphoric acid groups is 1. The van der Waals surface area contributed by atoms with Crippen molar-refractivity contribution in [1.82, 2.24) is 0 Å². The van der Waals surface area contributed by atoms with Crippen molar-refractivity contribution in [3.8, 4) is 17.2 Å². The molecule has 0 aliphatic carbocycles. The maximum absolute atomic E-state index is 13.3. The first-order valence-corrected chi connectivity index (χ1v) is 22.2. The van der Waals surface area contributed by atoms with Crippen LogP contribution in [0.5, 0.6) is 17.2 Å². The molecule has 56 heavy (non-hydrogen) atoms. The van der Waals surface area contributed by atoms with Gasteiger partial charge in [0.2, 0.25) is 0 Å². The highest BCUT2D eigenvalue weighted by molar-refractivity contribution is 7.49. The standard InChI is InChI=1S/C24H50O6.C21H21O4P/c1-2-3-4-5-6-7-8-9-10-11-12-13-14-15-16-17-18-30-20-22(27)24(29)23(28)21(26)19-25;1-16-4-10-19(11-5-16)23-26(22,24-20-12-6-17(2)7-13-20)25-21-14-8-18(3)9-15-21/h21-29H,2-20H2,1H3;4-15H,1-3H3. The molecule has 0 amide bonds. The molecule has 0 radical (unpaired) electrons. The molecule has 3 aromatic rings. The summed E-state index contributed by atoms with van der Waals surface area (Å²) in [6, 6.07) is 21.6. The first-order valence-electron chi connectivity index (χ1n) is 20.8. The average molecular weight is 803 g/mol. The number of aliphatic hydroxyl groups excluding tert-OH is 5. The Morgan fingerprint density at radius 2 is 0.786 bits per heavy atom. The molecule has 5 N–H and O–H groups in total. The molecule has 4 atom stereocenters. The van der Waals surface area contributed by atoms with E-state index in [2.05, 4.69) is 6.92 Å². The van der Waals surface area contributed by atoms with Crippen molar-refractivity contribution in [3.63, 3.8) is 0 Å². The van der Waals surface area contributed by atoms with Crippen molar-refractivity contribution in [1.29, 1.82) is 0 Å². The highest BCUT2D eigenvalue weighted by Gasteiger charge is 2.33. The van der Waals surface area contributed by atoms with Gasteiger partial charge < -0.3 is 43.8 Å². The highest BCUT2D eigenvalue weighted by atomic mass is 31.2. The molecular weight excluding hydrogens is 731 g/mol. The summed E-state index contributed by atoms with van der Waals surface area (Å²) in [6.07, 6.45) is 15.1. The second kappa shape index (κ2) is 29.3. The lowest BCUT2D eigenvalue weighted by molar-refractivity contribution is -0.129. The number of unbranched alkanes of at least 4 members (excludes halogenated alkanes) is 15. The summed E-state index contributed by atoms with van der Waals surface area (Å²) in [5.74, 6) is 1.24. The average Bonchev–Trinajstić information content (AvgIpc) is 3.19. The van der Waals surface area contributed by atoms with E-state index in [0.717, 1.165) is 29.5 Å². The Balaban J connectivity index is 0.000000389. The van der Waals surface area contributed by atoms with Crippen molar-refractivity contribution >= 4 is 7.82 Å². The van der Waals surface area contributed by atoms with Gasteiger partial charge in [0.15, 0.2) is 0 Å². The lowest BCUT2D eigenvalue weighted by Gasteiger charge is -2.25. The number of ether oxygens (including phenoxy) is 1. The van der Waals surface area contributed by atoms with Crippen LogP contribution >= 0.6 is 7.82 Å². The van der Waals surface area contributed by atoms with E-state index in [1.165, 1.54) is 89.9 Å². The molecule has 0 fully saturated rings. The predicted molar refractivity (Wildman–Crippen MR) is 225 cm³/mol. The minimum atomic E-state index is -3.93. The van der Waals surface area contributed by atoms with Crippen LogP contribution < -0.4 is 13.6 Å². The third-order valence-corrected chi connectivity index (χ3v) is 10.8. The number of aliphatic hydroxyl groups is 5. The SMILES string of the molecule is CCCCCCCCCCCCCCCCCCOCC(O)C(O)C(O)C(O)CO.Cc1ccc(OP(=O)(Oc2ccc(C)cc2)Oc2ccc(C)cc2)cc1. The number of hydrogen-bond acceptors (Lipinski definition) is 10. The van der Waals surface area contributed by atoms with Gasteiger partial charge in [0, 0.05) is 6.61 Å². The molecule has 0 bridgehead atoms. The molecule has 10 nitrogen and oxygen atoms in total. The topological polar surface area (TPSA) is 155 Å². The largest absolute Gasteiger partial charge is 0.647 e. The molecule has 4 unspecified atom stereocenters. The van der Waals surface area contributed by atoms with Gasteiger partial charge in [0.25, 0.3) is 0 Å². The van der Waals surface area contributed by atoms with Crippen LogP contribution in [0, 0.1) is 20.8 Å². The van der Waals surface area contributed by atoms with Crippen molar-refractivity contribution < 1.29 is 48.4 Å². The van der Waals surface area contributed by atoms with Crippen LogP contribution in [0.3, 0.4) is 0 Å². The van der Waals surface area contributed by atoms with Crippen LogP contribution in [0.1, 0.15) is 126 Å². The van der Waals surface area contributed by atoms with Gasteiger partial charge in [-0.25, -0.2) is 0 Å². The molecule has 0 aromatic heterocycles. The van der Waals surface area contributed by atoms with Gasteiger partial charge in [-0.05, 0) is 63.6 Å². The van der Waals surface area contributed by atoms with Crippen molar-refractivity contribution in [2.45, 2.75) is 155 Å². The zero-order valence-electron chi connectivity index (χ0n) is 34.4. The normalized spacial score (nSPS) is 13.6. The monoisotopic (exact) mass is 802 g/mol. The Bertz CT molecular complexity index is 1310. The number of aryl methyl sites for hydroxylation is 3. The van der Waals surface area contributed by atoms with E-state index in [-0.39, 0.29) is 6.61 Å². The van der Waals surface area contributed by atoms with Crippen LogP contribution in [0.15, 0.2) is 72.8 Å². The number of phosphoric ester groups is 1. The van der Waals surface area contributed by atoms with Crippen LogP contribution in [-0.4, -0.2) is 69.8 Å². The van der Waals surface area contributed by atoms with Crippen LogP contribution in [-0.2, 0) is 9.30 Å². The quantitative estimate of drug-likeness (QED) is 0.0338. The van der Waals surface area contributed by atoms with Crippen LogP contribution in [0.4, 0.5) is 0 Å². The Kier molecular flexibility index (Phi) is 25.7. The summed E-state index contributed by atoms with van der Waals surface area (Å²) in [6.45, 7) is 7.89. The summed E-state index contributed by atoms with van der Waals surface area (Å²) in [5, 5.41) is 47.0. The van der Waals surface area contributed by atoms with E-state index in [9.17, 15) is 25.0 Å². The van der Waals surface area contributed by atoms with Gasteiger partial charge in [0.05, 0.1) is 13.2 Å². The van der Waals surface area contributed by atoms with E-state index in [0.29, 0.717) is 23.9 Å². The molecule has 0 heterocycles. The smallest absolute Gasteiger partial charge is 0.394 e. The van der Waals surface area contributed by atoms with Gasteiger partial charge >= 0.3 is 7.82 Å². The Morgan fingerprint density at radius 1 is 0.482 bits per heavy atom. The fraction of sp³-hybridized carbons (Fsp3) is 0.600. The van der Waals surface area contributed by atoms with E-state index in [4.69, 9.17) is 23.4 Å². The first-order chi connectivity index (χ1) is 27.0. The third kappa shape index (κ3) is 22.1. The zero-order chi connectivity index (χ0) is 41.0. The lowest BCUT2D eigenvalue weighted by atomic mass is 10.0. The van der Waals surface area contributed by atoms with Crippen molar-refractivity contribution in [2.75, 3.05) is 19.8 Å². The van der Waals surface area contributed by atoms with E-state index in [1.54, 1.807) is 36.4 Å². The first kappa shape index (κ1) is 49.2. The molecule has 0 spiro atoms. The Hall–Kier alpha value is -2.95. The second-order valence-corrected chi connectivity index (χ2v) is 16.3. The number of hydrogen-bond donors (Lipinski definition) is 5. The minimum absolute atomic E-state index is 0.102. The van der Waals surface area contributed by atoms with Gasteiger partial charge in [-0.1, -0.05) is 156 Å². The van der Waals surface area contributed by atoms with Crippen LogP contribution in [0.25, 0.3) is 0 Å². The molecule has 0 aliphatic rings. The summed E-state index contributed by atoms with van der Waals surface area (Å²) >= 11 is 0. The Labute approximate surface area is 336 Å². The molecule has 0 aliphatic heterocycles. The van der Waals surface area contributed by atoms with E-state index >= 15 is 0 Å². The van der Waals surface area contributed by atoms with Crippen molar-refractivity contribution in [3.05, 3.63) is 89.5 Å². The Morgan fingerprint density at radius 3 is 1.11 bits per heavy atom. The zero-order valence-corrected chi connectivity index (χ0v) is 35.3. The minimum Gasteiger partial charge on any atom is -0.394 e. The summed E-state index contributed by atoms with van der Waals surface area (Å²) in [5.41, 5.74) is 3.23. The number of benzene rings is 3. The lowest BCUT2D eigenvalue weighted by Crippen LogP contribution is -2.47. The molecule has 3 aromatic carbocycles. The summed E-state index contributed by atoms with van der Waals surface area (Å²) < 4.78 is 35.6. The summed E-state index contributed by atoms with van der Waals surface area (Å²) in [4.78, 5) is 0. The van der Waals surface area contributed by atoms with Gasteiger partial charge in [-0.2, -0.15) is 4.57 Å². The summed E-state index contributed by atoms with van der Waals surface area (Å²) in [7, 11) is -3.93. The van der Waals surface area contributed by atoms with E-state index in [1.807, 2.05) is 57.2 Å². The van der Waals surface area contributed by atoms with E-state index < -0.39 is 38.8 Å². The van der Waals surface area contributed by atoms with Gasteiger partial charge in [-0.15, -0.1) is 0 Å². The molecule has 316 valence electrons. The van der Waals surface area contributed by atoms with Crippen molar-refractivity contribution in [2.24, 2.45) is 0 Å².